The van der Waals surface area contributed by atoms with Crippen LogP contribution in [-0.2, 0) is 4.79 Å². The quantitative estimate of drug-likeness (QED) is 0.685. The molecule has 4 rings (SSSR count). The number of anilines is 1. The summed E-state index contributed by atoms with van der Waals surface area (Å²) in [6.45, 7) is 3.71. The number of H-pyrrole nitrogens is 1. The van der Waals surface area contributed by atoms with E-state index in [4.69, 9.17) is 0 Å². The molecule has 3 heterocycles. The number of aromatic nitrogens is 3. The molecule has 3 aromatic heterocycles. The van der Waals surface area contributed by atoms with E-state index in [1.807, 2.05) is 31.2 Å². The molecule has 0 spiro atoms. The van der Waals surface area contributed by atoms with E-state index in [-0.39, 0.29) is 11.8 Å². The molecule has 1 fully saturated rings. The zero-order valence-electron chi connectivity index (χ0n) is 14.2. The molecule has 6 nitrogen and oxygen atoms in total. The van der Waals surface area contributed by atoms with Crippen molar-refractivity contribution in [2.24, 2.45) is 5.92 Å². The van der Waals surface area contributed by atoms with Crippen molar-refractivity contribution in [3.8, 4) is 11.3 Å². The lowest BCUT2D eigenvalue weighted by Crippen LogP contribution is -2.46. The summed E-state index contributed by atoms with van der Waals surface area (Å²) < 4.78 is 0. The molecule has 0 aromatic carbocycles. The fourth-order valence-corrected chi connectivity index (χ4v) is 3.38. The second kappa shape index (κ2) is 5.67. The number of carbonyl (C=O) groups is 1. The number of pyridine rings is 2. The highest BCUT2D eigenvalue weighted by Crippen LogP contribution is 2.37. The number of aryl methyl sites for hydroxylation is 1. The van der Waals surface area contributed by atoms with Gasteiger partial charge >= 0.3 is 0 Å². The third-order valence-electron chi connectivity index (χ3n) is 4.71. The number of carbonyl (C=O) groups excluding carboxylic acids is 1. The molecule has 128 valence electrons. The first-order valence-electron chi connectivity index (χ1n) is 8.35. The first kappa shape index (κ1) is 15.8. The van der Waals surface area contributed by atoms with Crippen LogP contribution in [0.1, 0.15) is 25.5 Å². The number of fused-ring (bicyclic) bond motifs is 1. The van der Waals surface area contributed by atoms with Crippen molar-refractivity contribution >= 4 is 22.6 Å². The molecule has 0 bridgehead atoms. The third-order valence-corrected chi connectivity index (χ3v) is 4.71. The molecule has 1 amide bonds. The van der Waals surface area contributed by atoms with E-state index in [0.29, 0.717) is 18.7 Å². The van der Waals surface area contributed by atoms with Crippen LogP contribution in [0, 0.1) is 12.8 Å². The van der Waals surface area contributed by atoms with Gasteiger partial charge in [-0.2, -0.15) is 0 Å². The van der Waals surface area contributed by atoms with Crippen molar-refractivity contribution in [2.45, 2.75) is 32.3 Å². The number of hydrogen-bond donors (Lipinski definition) is 3. The van der Waals surface area contributed by atoms with Gasteiger partial charge in [-0.1, -0.05) is 0 Å². The number of nitrogens with zero attached hydrogens (tertiary/aromatic N) is 2. The largest absolute Gasteiger partial charge is 0.390 e. The van der Waals surface area contributed by atoms with Crippen molar-refractivity contribution < 1.29 is 9.90 Å². The molecule has 25 heavy (non-hydrogen) atoms. The zero-order chi connectivity index (χ0) is 17.6. The Morgan fingerprint density at radius 3 is 2.84 bits per heavy atom. The van der Waals surface area contributed by atoms with Crippen LogP contribution in [0.5, 0.6) is 0 Å². The maximum absolute atomic E-state index is 12.2. The number of hydrogen-bond acceptors (Lipinski definition) is 4. The molecule has 1 saturated carbocycles. The summed E-state index contributed by atoms with van der Waals surface area (Å²) in [6.07, 6.45) is 4.52. The van der Waals surface area contributed by atoms with Crippen LogP contribution in [0.15, 0.2) is 36.7 Å². The van der Waals surface area contributed by atoms with Gasteiger partial charge in [0.05, 0.1) is 11.1 Å². The lowest BCUT2D eigenvalue weighted by atomic mass is 9.72. The van der Waals surface area contributed by atoms with Gasteiger partial charge in [-0.15, -0.1) is 0 Å². The Morgan fingerprint density at radius 2 is 2.12 bits per heavy atom. The normalized spacial score (nSPS) is 22.6. The minimum atomic E-state index is -0.712. The Bertz CT molecular complexity index is 953. The van der Waals surface area contributed by atoms with Crippen molar-refractivity contribution in [3.05, 3.63) is 42.4 Å². The van der Waals surface area contributed by atoms with Crippen LogP contribution in [0.3, 0.4) is 0 Å². The summed E-state index contributed by atoms with van der Waals surface area (Å²) in [4.78, 5) is 24.1. The monoisotopic (exact) mass is 336 g/mol. The zero-order valence-corrected chi connectivity index (χ0v) is 14.2. The summed E-state index contributed by atoms with van der Waals surface area (Å²) in [5.41, 5.74) is 3.21. The molecular weight excluding hydrogens is 316 g/mol. The van der Waals surface area contributed by atoms with E-state index in [1.165, 1.54) is 0 Å². The van der Waals surface area contributed by atoms with E-state index in [9.17, 15) is 9.90 Å². The number of rotatable bonds is 3. The molecule has 3 N–H and O–H groups in total. The van der Waals surface area contributed by atoms with Crippen molar-refractivity contribution in [3.63, 3.8) is 0 Å². The summed E-state index contributed by atoms with van der Waals surface area (Å²) in [5, 5.41) is 13.6. The molecule has 0 saturated heterocycles. The average Bonchev–Trinajstić information content (AvgIpc) is 2.96. The standard InChI is InChI=1S/C19H20N4O2/c1-11-5-12(3-4-20-11)15-6-13-10-21-17(7-16(13)22-15)23-18(24)14-8-19(2,25)9-14/h3-7,10,14,22,25H,8-9H2,1-2H3,(H,21,23,24). The third kappa shape index (κ3) is 3.13. The number of amides is 1. The molecule has 1 aliphatic carbocycles. The van der Waals surface area contributed by atoms with Crippen LogP contribution in [0.25, 0.3) is 22.2 Å². The summed E-state index contributed by atoms with van der Waals surface area (Å²) >= 11 is 0. The highest BCUT2D eigenvalue weighted by molar-refractivity contribution is 5.95. The second-order valence-electron chi connectivity index (χ2n) is 7.12. The molecule has 0 unspecified atom stereocenters. The molecule has 0 aliphatic heterocycles. The van der Waals surface area contributed by atoms with Gasteiger partial charge in [0.1, 0.15) is 5.82 Å². The Kier molecular flexibility index (Phi) is 3.58. The lowest BCUT2D eigenvalue weighted by molar-refractivity contribution is -0.133. The minimum Gasteiger partial charge on any atom is -0.390 e. The topological polar surface area (TPSA) is 90.9 Å². The summed E-state index contributed by atoms with van der Waals surface area (Å²) in [6, 6.07) is 7.84. The van der Waals surface area contributed by atoms with Gasteiger partial charge in [-0.25, -0.2) is 4.98 Å². The second-order valence-corrected chi connectivity index (χ2v) is 7.12. The predicted octanol–water partition coefficient (Wildman–Crippen LogP) is 3.03. The van der Waals surface area contributed by atoms with Crippen molar-refractivity contribution in [2.75, 3.05) is 5.32 Å². The van der Waals surface area contributed by atoms with Gasteiger partial charge in [-0.3, -0.25) is 9.78 Å². The van der Waals surface area contributed by atoms with Crippen LogP contribution >= 0.6 is 0 Å². The van der Waals surface area contributed by atoms with Gasteiger partial charge in [0.15, 0.2) is 0 Å². The predicted molar refractivity (Wildman–Crippen MR) is 96.0 cm³/mol. The SMILES string of the molecule is Cc1cc(-c2cc3cnc(NC(=O)C4CC(C)(O)C4)cc3[nH]2)ccn1. The highest BCUT2D eigenvalue weighted by atomic mass is 16.3. The summed E-state index contributed by atoms with van der Waals surface area (Å²) in [5.74, 6) is 0.282. The van der Waals surface area contributed by atoms with Crippen molar-refractivity contribution in [1.29, 1.82) is 0 Å². The molecular formula is C19H20N4O2. The average molecular weight is 336 g/mol. The molecule has 0 atom stereocenters. The van der Waals surface area contributed by atoms with Gasteiger partial charge in [-0.05, 0) is 44.9 Å². The van der Waals surface area contributed by atoms with Crippen LogP contribution in [0.4, 0.5) is 5.82 Å². The highest BCUT2D eigenvalue weighted by Gasteiger charge is 2.42. The summed E-state index contributed by atoms with van der Waals surface area (Å²) in [7, 11) is 0. The van der Waals surface area contributed by atoms with Crippen molar-refractivity contribution in [1.82, 2.24) is 15.0 Å². The number of aromatic amines is 1. The first-order valence-corrected chi connectivity index (χ1v) is 8.35. The smallest absolute Gasteiger partial charge is 0.228 e. The van der Waals surface area contributed by atoms with E-state index < -0.39 is 5.60 Å². The van der Waals surface area contributed by atoms with E-state index in [0.717, 1.165) is 27.9 Å². The maximum Gasteiger partial charge on any atom is 0.228 e. The first-order chi connectivity index (χ1) is 11.9. The molecule has 6 heteroatoms. The van der Waals surface area contributed by atoms with Gasteiger partial charge in [0.25, 0.3) is 0 Å². The van der Waals surface area contributed by atoms with Gasteiger partial charge in [0, 0.05) is 46.7 Å². The maximum atomic E-state index is 12.2. The molecule has 1 aliphatic rings. The minimum absolute atomic E-state index is 0.0880. The molecule has 3 aromatic rings. The lowest BCUT2D eigenvalue weighted by Gasteiger charge is -2.39. The fourth-order valence-electron chi connectivity index (χ4n) is 3.38. The van der Waals surface area contributed by atoms with E-state index >= 15 is 0 Å². The Balaban J connectivity index is 1.55. The Hall–Kier alpha value is -2.73. The number of aliphatic hydroxyl groups is 1. The fraction of sp³-hybridized carbons (Fsp3) is 0.316. The van der Waals surface area contributed by atoms with E-state index in [1.54, 1.807) is 19.3 Å². The van der Waals surface area contributed by atoms with Gasteiger partial charge in [0.2, 0.25) is 5.91 Å². The van der Waals surface area contributed by atoms with E-state index in [2.05, 4.69) is 20.3 Å². The number of nitrogens with one attached hydrogen (secondary N) is 2. The molecule has 0 radical (unpaired) electrons. The van der Waals surface area contributed by atoms with Crippen LogP contribution in [0.2, 0.25) is 0 Å². The van der Waals surface area contributed by atoms with Crippen LogP contribution in [-0.4, -0.2) is 31.6 Å². The van der Waals surface area contributed by atoms with Gasteiger partial charge < -0.3 is 15.4 Å². The Labute approximate surface area is 145 Å². The Morgan fingerprint density at radius 1 is 1.32 bits per heavy atom. The van der Waals surface area contributed by atoms with Crippen LogP contribution < -0.4 is 5.32 Å².